The van der Waals surface area contributed by atoms with Crippen molar-refractivity contribution < 1.29 is 4.79 Å². The second kappa shape index (κ2) is 9.47. The van der Waals surface area contributed by atoms with Crippen LogP contribution in [-0.4, -0.2) is 15.5 Å². The molecule has 3 aromatic rings. The van der Waals surface area contributed by atoms with Gasteiger partial charge in [0.15, 0.2) is 0 Å². The fourth-order valence-electron chi connectivity index (χ4n) is 2.24. The Balaban J connectivity index is 0.00000243. The van der Waals surface area contributed by atoms with Gasteiger partial charge in [-0.05, 0) is 29.8 Å². The molecule has 26 heavy (non-hydrogen) atoms. The second-order valence-corrected chi connectivity index (χ2v) is 6.37. The number of thiazole rings is 1. The average Bonchev–Trinajstić information content (AvgIpc) is 3.04. The Kier molecular flexibility index (Phi) is 7.32. The van der Waals surface area contributed by atoms with Crippen molar-refractivity contribution in [2.45, 2.75) is 6.54 Å². The van der Waals surface area contributed by atoms with Crippen LogP contribution >= 0.6 is 39.9 Å². The smallest absolute Gasteiger partial charge is 0.271 e. The summed E-state index contributed by atoms with van der Waals surface area (Å²) < 4.78 is 1.98. The van der Waals surface area contributed by atoms with E-state index in [0.717, 1.165) is 11.3 Å². The number of benzene rings is 1. The highest BCUT2D eigenvalue weighted by atomic mass is 79.9. The zero-order chi connectivity index (χ0) is 17.6. The lowest BCUT2D eigenvalue weighted by Gasteiger charge is -2.06. The number of nitrogens with one attached hydrogen (secondary N) is 1. The minimum absolute atomic E-state index is 0. The van der Waals surface area contributed by atoms with Crippen molar-refractivity contribution in [2.75, 3.05) is 0 Å². The molecule has 5 nitrogen and oxygen atoms in total. The summed E-state index contributed by atoms with van der Waals surface area (Å²) in [5.41, 5.74) is 5.09. The molecule has 0 saturated carbocycles. The van der Waals surface area contributed by atoms with Gasteiger partial charge in [-0.2, -0.15) is 0 Å². The number of amides is 1. The molecule has 0 atom stereocenters. The summed E-state index contributed by atoms with van der Waals surface area (Å²) in [5, 5.41) is 6.93. The van der Waals surface area contributed by atoms with Crippen molar-refractivity contribution >= 4 is 45.8 Å². The fraction of sp³-hybridized carbons (Fsp3) is 0.0556. The van der Waals surface area contributed by atoms with Crippen LogP contribution < -0.4 is 10.2 Å². The zero-order valence-corrected chi connectivity index (χ0v) is 16.9. The predicted molar refractivity (Wildman–Crippen MR) is 111 cm³/mol. The molecule has 0 bridgehead atoms. The number of hydrogen-bond donors (Lipinski definition) is 1. The summed E-state index contributed by atoms with van der Waals surface area (Å²) in [4.78, 5) is 16.7. The first kappa shape index (κ1) is 20.1. The summed E-state index contributed by atoms with van der Waals surface area (Å²) in [6.45, 7) is 4.37. The molecule has 8 heteroatoms. The molecule has 0 unspecified atom stereocenters. The molecule has 2 aromatic heterocycles. The molecule has 0 radical (unpaired) electrons. The summed E-state index contributed by atoms with van der Waals surface area (Å²) >= 11 is 7.40. The molecule has 2 heterocycles. The lowest BCUT2D eigenvalue weighted by molar-refractivity contribution is 0.0953. The highest BCUT2D eigenvalue weighted by molar-refractivity contribution is 8.93. The summed E-state index contributed by atoms with van der Waals surface area (Å²) in [7, 11) is 0. The summed E-state index contributed by atoms with van der Waals surface area (Å²) in [6.07, 6.45) is 4.92. The highest BCUT2D eigenvalue weighted by Gasteiger charge is 2.08. The van der Waals surface area contributed by atoms with Crippen LogP contribution in [0.5, 0.6) is 0 Å². The first-order chi connectivity index (χ1) is 12.2. The van der Waals surface area contributed by atoms with E-state index in [1.165, 1.54) is 11.3 Å². The van der Waals surface area contributed by atoms with Crippen molar-refractivity contribution in [3.8, 4) is 11.3 Å². The Morgan fingerprint density at radius 1 is 1.27 bits per heavy atom. The molecule has 0 aliphatic carbocycles. The van der Waals surface area contributed by atoms with E-state index in [4.69, 9.17) is 11.6 Å². The zero-order valence-electron chi connectivity index (χ0n) is 13.6. The number of nitrogens with zero attached hydrogens (tertiary/aromatic N) is 3. The maximum atomic E-state index is 12.1. The maximum absolute atomic E-state index is 12.1. The van der Waals surface area contributed by atoms with Crippen LogP contribution in [0.15, 0.2) is 71.9 Å². The first-order valence-corrected chi connectivity index (χ1v) is 8.74. The van der Waals surface area contributed by atoms with Gasteiger partial charge in [0.25, 0.3) is 5.91 Å². The monoisotopic (exact) mass is 450 g/mol. The number of hydrogen-bond acceptors (Lipinski definition) is 4. The van der Waals surface area contributed by atoms with Crippen molar-refractivity contribution in [3.05, 3.63) is 82.2 Å². The van der Waals surface area contributed by atoms with E-state index < -0.39 is 0 Å². The lowest BCUT2D eigenvalue weighted by Crippen LogP contribution is -2.24. The van der Waals surface area contributed by atoms with Gasteiger partial charge in [-0.1, -0.05) is 29.8 Å². The molecular weight excluding hydrogens is 436 g/mol. The molecule has 0 fully saturated rings. The molecular formula is C18H16BrClN4OS. The van der Waals surface area contributed by atoms with Crippen molar-refractivity contribution in [3.63, 3.8) is 0 Å². The highest BCUT2D eigenvalue weighted by Crippen LogP contribution is 2.22. The summed E-state index contributed by atoms with van der Waals surface area (Å²) in [5.74, 6) is -0.283. The number of rotatable bonds is 5. The Labute approximate surface area is 170 Å². The average molecular weight is 452 g/mol. The fourth-order valence-corrected chi connectivity index (χ4v) is 3.25. The minimum Gasteiger partial charge on any atom is -0.311 e. The van der Waals surface area contributed by atoms with Crippen molar-refractivity contribution in [1.82, 2.24) is 15.0 Å². The Morgan fingerprint density at radius 3 is 2.62 bits per heavy atom. The van der Waals surface area contributed by atoms with E-state index in [-0.39, 0.29) is 22.9 Å². The van der Waals surface area contributed by atoms with Gasteiger partial charge in [0.05, 0.1) is 5.69 Å². The van der Waals surface area contributed by atoms with E-state index >= 15 is 0 Å². The van der Waals surface area contributed by atoms with Gasteiger partial charge in [-0.25, -0.2) is 5.43 Å². The SMILES string of the molecule is Br.C=CCn1c(-c2ccc(Cl)cc2)cs/c1=N/NC(=O)c1ccncc1. The minimum atomic E-state index is -0.283. The van der Waals surface area contributed by atoms with E-state index in [1.54, 1.807) is 30.6 Å². The topological polar surface area (TPSA) is 59.3 Å². The van der Waals surface area contributed by atoms with Crippen LogP contribution in [0.2, 0.25) is 5.02 Å². The summed E-state index contributed by atoms with van der Waals surface area (Å²) in [6, 6.07) is 10.8. The van der Waals surface area contributed by atoms with Crippen LogP contribution in [-0.2, 0) is 6.54 Å². The number of pyridine rings is 1. The van der Waals surface area contributed by atoms with Crippen LogP contribution in [0.25, 0.3) is 11.3 Å². The molecule has 0 saturated heterocycles. The molecule has 0 aliphatic heterocycles. The molecule has 3 rings (SSSR count). The van der Waals surface area contributed by atoms with Gasteiger partial charge in [-0.15, -0.1) is 40.0 Å². The van der Waals surface area contributed by atoms with Gasteiger partial charge >= 0.3 is 0 Å². The van der Waals surface area contributed by atoms with Gasteiger partial charge in [0.1, 0.15) is 0 Å². The maximum Gasteiger partial charge on any atom is 0.271 e. The van der Waals surface area contributed by atoms with Crippen LogP contribution in [0.4, 0.5) is 0 Å². The molecule has 134 valence electrons. The van der Waals surface area contributed by atoms with E-state index in [2.05, 4.69) is 22.1 Å². The molecule has 1 amide bonds. The van der Waals surface area contributed by atoms with Crippen LogP contribution in [0, 0.1) is 0 Å². The third-order valence-electron chi connectivity index (χ3n) is 3.44. The number of aromatic nitrogens is 2. The van der Waals surface area contributed by atoms with Gasteiger partial charge in [0.2, 0.25) is 4.80 Å². The lowest BCUT2D eigenvalue weighted by atomic mass is 10.2. The molecule has 1 N–H and O–H groups in total. The van der Waals surface area contributed by atoms with Crippen LogP contribution in [0.3, 0.4) is 0 Å². The Bertz CT molecular complexity index is 951. The van der Waals surface area contributed by atoms with Crippen LogP contribution in [0.1, 0.15) is 10.4 Å². The molecule has 0 spiro atoms. The molecule has 0 aliphatic rings. The number of halogens is 2. The predicted octanol–water partition coefficient (Wildman–Crippen LogP) is 4.27. The molecule has 1 aromatic carbocycles. The largest absolute Gasteiger partial charge is 0.311 e. The second-order valence-electron chi connectivity index (χ2n) is 5.10. The first-order valence-electron chi connectivity index (χ1n) is 7.48. The third kappa shape index (κ3) is 4.69. The van der Waals surface area contributed by atoms with E-state index in [9.17, 15) is 4.79 Å². The normalized spacial score (nSPS) is 10.9. The number of carbonyl (C=O) groups is 1. The van der Waals surface area contributed by atoms with Crippen molar-refractivity contribution in [2.24, 2.45) is 5.10 Å². The third-order valence-corrected chi connectivity index (χ3v) is 4.56. The Morgan fingerprint density at radius 2 is 1.96 bits per heavy atom. The number of carbonyl (C=O) groups excluding carboxylic acids is 1. The van der Waals surface area contributed by atoms with Gasteiger partial charge in [0, 0.05) is 34.9 Å². The van der Waals surface area contributed by atoms with E-state index in [1.807, 2.05) is 34.2 Å². The Hall–Kier alpha value is -2.22. The van der Waals surface area contributed by atoms with Crippen molar-refractivity contribution in [1.29, 1.82) is 0 Å². The van der Waals surface area contributed by atoms with E-state index in [0.29, 0.717) is 21.9 Å². The quantitative estimate of drug-likeness (QED) is 0.465. The van der Waals surface area contributed by atoms with Gasteiger partial charge < -0.3 is 4.57 Å². The number of allylic oxidation sites excluding steroid dienone is 1. The standard InChI is InChI=1S/C18H15ClN4OS.BrH/c1-2-11-23-16(13-3-5-15(19)6-4-13)12-25-18(23)22-21-17(24)14-7-9-20-10-8-14;/h2-10,12H,1,11H2,(H,21,24);1H/b22-18+;. The van der Waals surface area contributed by atoms with Gasteiger partial charge in [-0.3, -0.25) is 9.78 Å².